The van der Waals surface area contributed by atoms with Crippen molar-refractivity contribution in [2.45, 2.75) is 55.3 Å². The van der Waals surface area contributed by atoms with E-state index >= 15 is 0 Å². The number of aryl methyl sites for hydroxylation is 1. The van der Waals surface area contributed by atoms with Gasteiger partial charge in [0.1, 0.15) is 0 Å². The van der Waals surface area contributed by atoms with Gasteiger partial charge in [-0.15, -0.1) is 0 Å². The third-order valence-electron chi connectivity index (χ3n) is 7.33. The van der Waals surface area contributed by atoms with Crippen LogP contribution in [-0.4, -0.2) is 39.3 Å². The number of aromatic nitrogens is 2. The monoisotopic (exact) mass is 535 g/mol. The molecule has 0 radical (unpaired) electrons. The van der Waals surface area contributed by atoms with E-state index in [0.717, 1.165) is 39.4 Å². The molecular weight excluding hydrogens is 507 g/mol. The summed E-state index contributed by atoms with van der Waals surface area (Å²) in [7, 11) is 0. The van der Waals surface area contributed by atoms with Crippen LogP contribution in [0.2, 0.25) is 16.8 Å². The van der Waals surface area contributed by atoms with Crippen molar-refractivity contribution in [2.75, 3.05) is 5.38 Å². The van der Waals surface area contributed by atoms with E-state index in [9.17, 15) is 14.7 Å². The number of hydrogen-bond acceptors (Lipinski definition) is 6. The molecule has 3 aromatic rings. The zero-order valence-electron chi connectivity index (χ0n) is 20.0. The fourth-order valence-corrected chi connectivity index (χ4v) is 8.38. The van der Waals surface area contributed by atoms with Crippen LogP contribution in [0.5, 0.6) is 0 Å². The first kappa shape index (κ1) is 23.6. The number of para-hydroxylation sites is 1. The van der Waals surface area contributed by atoms with Gasteiger partial charge in [-0.3, -0.25) is 0 Å². The molecule has 10 heteroatoms. The normalized spacial score (nSPS) is 18.5. The predicted octanol–water partition coefficient (Wildman–Crippen LogP) is 4.18. The second-order valence-electron chi connectivity index (χ2n) is 10.1. The van der Waals surface area contributed by atoms with Crippen molar-refractivity contribution in [2.24, 2.45) is 5.11 Å². The zero-order valence-corrected chi connectivity index (χ0v) is 22.1. The number of cyclic esters (lactones) is 1. The first-order valence-corrected chi connectivity index (χ1v) is 18.9. The Labute approximate surface area is 204 Å². The summed E-state index contributed by atoms with van der Waals surface area (Å²) in [5.41, 5.74) is 11.6. The topological polar surface area (TPSA) is 130 Å². The van der Waals surface area contributed by atoms with Crippen molar-refractivity contribution >= 4 is 30.1 Å². The second-order valence-corrected chi connectivity index (χ2v) is 20.9. The maximum atomic E-state index is 13.5. The number of azide groups is 1. The molecule has 2 aliphatic rings. The molecule has 0 bridgehead atoms. The van der Waals surface area contributed by atoms with Gasteiger partial charge in [-0.1, -0.05) is 0 Å². The molecule has 1 aromatic carbocycles. The molecule has 0 saturated carbocycles. The quantitative estimate of drug-likeness (QED) is 0.131. The molecule has 2 aromatic heterocycles. The van der Waals surface area contributed by atoms with Gasteiger partial charge in [0.05, 0.1) is 0 Å². The summed E-state index contributed by atoms with van der Waals surface area (Å²) < 4.78 is 6.86. The van der Waals surface area contributed by atoms with Crippen LogP contribution in [0.1, 0.15) is 35.6 Å². The molecule has 4 heterocycles. The van der Waals surface area contributed by atoms with E-state index < -0.39 is 24.8 Å². The van der Waals surface area contributed by atoms with Gasteiger partial charge in [0.25, 0.3) is 0 Å². The molecule has 0 unspecified atom stereocenters. The molecule has 0 fully saturated rings. The third-order valence-corrected chi connectivity index (χ3v) is 12.8. The van der Waals surface area contributed by atoms with Gasteiger partial charge in [-0.05, 0) is 0 Å². The molecule has 5 rings (SSSR count). The second kappa shape index (κ2) is 8.51. The van der Waals surface area contributed by atoms with E-state index in [1.807, 2.05) is 18.2 Å². The predicted molar refractivity (Wildman–Crippen MR) is 135 cm³/mol. The fraction of sp³-hybridized carbons (Fsp3) is 0.400. The standard InChI is InChI=1S/C25H27GeN5O4/c1-4-25(34)19-11-21-22-17(12-31(21)23(32)18(19)13-35-24(25)33)15(9-10-26(2,3)14-28-30-27)16-7-5-6-8-20(16)29-22/h5-8,11,34H,4,9-10,12-14H2,1-3H3/t25-/m0/s1. The number of hydrogen-bond donors (Lipinski definition) is 1. The Hall–Kier alpha value is -3.14. The Balaban J connectivity index is 1.68. The Morgan fingerprint density at radius 3 is 2.80 bits per heavy atom. The molecule has 180 valence electrons. The summed E-state index contributed by atoms with van der Waals surface area (Å²) >= 11 is -2.32. The van der Waals surface area contributed by atoms with Crippen LogP contribution >= 0.6 is 0 Å². The Morgan fingerprint density at radius 1 is 1.29 bits per heavy atom. The zero-order chi connectivity index (χ0) is 25.0. The van der Waals surface area contributed by atoms with Crippen LogP contribution in [0.3, 0.4) is 0 Å². The number of rotatable bonds is 6. The number of nitrogens with zero attached hydrogens (tertiary/aromatic N) is 5. The van der Waals surface area contributed by atoms with Crippen LogP contribution in [0.4, 0.5) is 0 Å². The first-order chi connectivity index (χ1) is 16.7. The molecule has 9 nitrogen and oxygen atoms in total. The Kier molecular flexibility index (Phi) is 5.74. The number of ether oxygens (including phenoxy) is 1. The van der Waals surface area contributed by atoms with E-state index in [1.54, 1.807) is 17.6 Å². The van der Waals surface area contributed by atoms with Crippen LogP contribution in [0.25, 0.3) is 32.7 Å². The first-order valence-electron chi connectivity index (χ1n) is 11.8. The van der Waals surface area contributed by atoms with Crippen molar-refractivity contribution in [3.63, 3.8) is 0 Å². The molecule has 2 aliphatic heterocycles. The van der Waals surface area contributed by atoms with Gasteiger partial charge in [0, 0.05) is 0 Å². The molecular formula is C25H27GeN5O4. The summed E-state index contributed by atoms with van der Waals surface area (Å²) in [6, 6.07) is 9.70. The Bertz CT molecular complexity index is 1490. The maximum absolute atomic E-state index is 13.5. The summed E-state index contributed by atoms with van der Waals surface area (Å²) in [5, 5.41) is 17.6. The number of fused-ring (bicyclic) bond motifs is 5. The van der Waals surface area contributed by atoms with Gasteiger partial charge in [0.2, 0.25) is 0 Å². The van der Waals surface area contributed by atoms with Gasteiger partial charge in [-0.2, -0.15) is 0 Å². The van der Waals surface area contributed by atoms with E-state index in [1.165, 1.54) is 0 Å². The molecule has 0 spiro atoms. The van der Waals surface area contributed by atoms with Crippen molar-refractivity contribution in [1.29, 1.82) is 0 Å². The van der Waals surface area contributed by atoms with E-state index in [4.69, 9.17) is 15.3 Å². The number of benzene rings is 1. The number of esters is 1. The Morgan fingerprint density at radius 2 is 2.06 bits per heavy atom. The van der Waals surface area contributed by atoms with Crippen LogP contribution in [-0.2, 0) is 34.7 Å². The van der Waals surface area contributed by atoms with E-state index in [2.05, 4.69) is 27.6 Å². The van der Waals surface area contributed by atoms with Crippen molar-refractivity contribution in [3.05, 3.63) is 73.4 Å². The van der Waals surface area contributed by atoms with Crippen LogP contribution in [0, 0.1) is 0 Å². The number of carbonyl (C=O) groups is 1. The number of pyridine rings is 2. The summed E-state index contributed by atoms with van der Waals surface area (Å²) in [6.07, 6.45) is 0.916. The van der Waals surface area contributed by atoms with E-state index in [-0.39, 0.29) is 18.6 Å². The van der Waals surface area contributed by atoms with Crippen molar-refractivity contribution in [3.8, 4) is 11.4 Å². The SMILES string of the molecule is CC[C@@]1(O)C(=O)OCc2c1cc1n(c2=O)Cc2c-1nc1ccccc1c2C[CH2][Ge]([CH3])([CH3])[CH2]N=[N+]=[N-]. The average Bonchev–Trinajstić information content (AvgIpc) is 3.22. The molecule has 1 atom stereocenters. The summed E-state index contributed by atoms with van der Waals surface area (Å²) in [4.78, 5) is 33.8. The van der Waals surface area contributed by atoms with Crippen LogP contribution < -0.4 is 5.56 Å². The van der Waals surface area contributed by atoms with E-state index in [0.29, 0.717) is 28.7 Å². The molecule has 0 aliphatic carbocycles. The van der Waals surface area contributed by atoms with Gasteiger partial charge in [0.15, 0.2) is 0 Å². The van der Waals surface area contributed by atoms with Gasteiger partial charge >= 0.3 is 205 Å². The molecule has 35 heavy (non-hydrogen) atoms. The third kappa shape index (κ3) is 3.74. The summed E-state index contributed by atoms with van der Waals surface area (Å²) in [6.45, 7) is 1.93. The minimum atomic E-state index is -2.32. The number of aliphatic hydroxyl groups is 1. The fourth-order valence-electron chi connectivity index (χ4n) is 5.16. The van der Waals surface area contributed by atoms with Crippen LogP contribution in [0.15, 0.2) is 40.2 Å². The summed E-state index contributed by atoms with van der Waals surface area (Å²) in [5.74, 6) is 3.79. The minimum absolute atomic E-state index is 0.109. The molecule has 0 amide bonds. The molecule has 0 saturated heterocycles. The average molecular weight is 534 g/mol. The number of carbonyl (C=O) groups excluding carboxylic acids is 1. The van der Waals surface area contributed by atoms with Gasteiger partial charge < -0.3 is 0 Å². The molecule has 1 N–H and O–H groups in total. The van der Waals surface area contributed by atoms with Crippen molar-refractivity contribution in [1.82, 2.24) is 9.55 Å². The van der Waals surface area contributed by atoms with Gasteiger partial charge in [-0.25, -0.2) is 0 Å². The van der Waals surface area contributed by atoms with Crippen molar-refractivity contribution < 1.29 is 14.6 Å².